The highest BCUT2D eigenvalue weighted by molar-refractivity contribution is 5.48. The Bertz CT molecular complexity index is 360. The summed E-state index contributed by atoms with van der Waals surface area (Å²) >= 11 is 0. The number of ether oxygens (including phenoxy) is 1. The smallest absolute Gasteiger partial charge is 0.134 e. The monoisotopic (exact) mass is 189 g/mol. The van der Waals surface area contributed by atoms with Gasteiger partial charge in [0.05, 0.1) is 19.2 Å². The van der Waals surface area contributed by atoms with Crippen LogP contribution in [-0.2, 0) is 0 Å². The van der Waals surface area contributed by atoms with Crippen LogP contribution < -0.4 is 10.1 Å². The summed E-state index contributed by atoms with van der Waals surface area (Å²) in [6.45, 7) is 2.74. The van der Waals surface area contributed by atoms with Gasteiger partial charge in [0, 0.05) is 0 Å². The number of aryl methyl sites for hydroxylation is 1. The summed E-state index contributed by atoms with van der Waals surface area (Å²) in [6, 6.07) is 5.99. The summed E-state index contributed by atoms with van der Waals surface area (Å²) in [6.07, 6.45) is 0. The molecule has 0 saturated heterocycles. The van der Waals surface area contributed by atoms with E-state index in [-0.39, 0.29) is 0 Å². The number of hydrogen-bond acceptors (Lipinski definition) is 2. The summed E-state index contributed by atoms with van der Waals surface area (Å²) < 4.78 is 5.21. The van der Waals surface area contributed by atoms with Crippen molar-refractivity contribution in [2.45, 2.75) is 6.92 Å². The Morgan fingerprint density at radius 1 is 1.43 bits per heavy atom. The molecule has 0 heterocycles. The van der Waals surface area contributed by atoms with Crippen molar-refractivity contribution in [1.82, 2.24) is 5.32 Å². The first-order valence-corrected chi connectivity index (χ1v) is 4.56. The molecule has 1 N–H and O–H groups in total. The van der Waals surface area contributed by atoms with Gasteiger partial charge in [-0.05, 0) is 31.7 Å². The lowest BCUT2D eigenvalue weighted by molar-refractivity contribution is 0.413. The standard InChI is InChI=1S/C12H15NO/c1-10-6-7-12(14-3)11(9-10)5-4-8-13-2/h6-7,9,13H,8H2,1-3H3. The fraction of sp³-hybridized carbons (Fsp3) is 0.333. The van der Waals surface area contributed by atoms with E-state index in [0.717, 1.165) is 11.3 Å². The molecular weight excluding hydrogens is 174 g/mol. The van der Waals surface area contributed by atoms with E-state index in [1.807, 2.05) is 32.2 Å². The van der Waals surface area contributed by atoms with E-state index >= 15 is 0 Å². The van der Waals surface area contributed by atoms with Crippen LogP contribution in [0.15, 0.2) is 18.2 Å². The van der Waals surface area contributed by atoms with Crippen LogP contribution in [0.5, 0.6) is 5.75 Å². The first-order valence-electron chi connectivity index (χ1n) is 4.56. The minimum absolute atomic E-state index is 0.692. The molecule has 1 aromatic rings. The first kappa shape index (κ1) is 10.6. The maximum atomic E-state index is 5.21. The maximum absolute atomic E-state index is 5.21. The number of rotatable bonds is 2. The third kappa shape index (κ3) is 2.79. The van der Waals surface area contributed by atoms with Crippen molar-refractivity contribution in [2.24, 2.45) is 0 Å². The van der Waals surface area contributed by atoms with Gasteiger partial charge in [-0.15, -0.1) is 0 Å². The second kappa shape index (κ2) is 5.31. The van der Waals surface area contributed by atoms with E-state index in [9.17, 15) is 0 Å². The summed E-state index contributed by atoms with van der Waals surface area (Å²) in [5, 5.41) is 2.98. The van der Waals surface area contributed by atoms with Crippen LogP contribution in [0.25, 0.3) is 0 Å². The molecule has 0 amide bonds. The Kier molecular flexibility index (Phi) is 4.03. The highest BCUT2D eigenvalue weighted by Crippen LogP contribution is 2.17. The van der Waals surface area contributed by atoms with Crippen LogP contribution in [0, 0.1) is 18.8 Å². The van der Waals surface area contributed by atoms with Gasteiger partial charge < -0.3 is 10.1 Å². The molecule has 0 fully saturated rings. The zero-order chi connectivity index (χ0) is 10.4. The minimum Gasteiger partial charge on any atom is -0.495 e. The van der Waals surface area contributed by atoms with Crippen molar-refractivity contribution in [2.75, 3.05) is 20.7 Å². The van der Waals surface area contributed by atoms with E-state index in [0.29, 0.717) is 6.54 Å². The van der Waals surface area contributed by atoms with E-state index in [4.69, 9.17) is 4.74 Å². The van der Waals surface area contributed by atoms with Crippen LogP contribution in [0.2, 0.25) is 0 Å². The quantitative estimate of drug-likeness (QED) is 0.713. The van der Waals surface area contributed by atoms with Crippen LogP contribution in [0.4, 0.5) is 0 Å². The molecule has 0 aliphatic carbocycles. The topological polar surface area (TPSA) is 21.3 Å². The van der Waals surface area contributed by atoms with Crippen molar-refractivity contribution < 1.29 is 4.74 Å². The number of hydrogen-bond donors (Lipinski definition) is 1. The lowest BCUT2D eigenvalue weighted by Gasteiger charge is -2.03. The van der Waals surface area contributed by atoms with E-state index in [1.54, 1.807) is 7.11 Å². The first-order chi connectivity index (χ1) is 6.77. The van der Waals surface area contributed by atoms with Crippen LogP contribution in [0.3, 0.4) is 0 Å². The highest BCUT2D eigenvalue weighted by Gasteiger charge is 1.98. The Balaban J connectivity index is 2.94. The van der Waals surface area contributed by atoms with E-state index < -0.39 is 0 Å². The molecule has 1 aromatic carbocycles. The Morgan fingerprint density at radius 3 is 2.86 bits per heavy atom. The van der Waals surface area contributed by atoms with Crippen molar-refractivity contribution in [3.05, 3.63) is 29.3 Å². The molecule has 2 heteroatoms. The number of methoxy groups -OCH3 is 1. The van der Waals surface area contributed by atoms with Gasteiger partial charge in [-0.1, -0.05) is 17.9 Å². The zero-order valence-corrected chi connectivity index (χ0v) is 8.85. The molecule has 0 spiro atoms. The van der Waals surface area contributed by atoms with Crippen LogP contribution in [0.1, 0.15) is 11.1 Å². The van der Waals surface area contributed by atoms with Gasteiger partial charge in [-0.3, -0.25) is 0 Å². The van der Waals surface area contributed by atoms with Gasteiger partial charge in [0.15, 0.2) is 0 Å². The van der Waals surface area contributed by atoms with Gasteiger partial charge in [-0.2, -0.15) is 0 Å². The van der Waals surface area contributed by atoms with Gasteiger partial charge in [0.25, 0.3) is 0 Å². The molecule has 0 aromatic heterocycles. The van der Waals surface area contributed by atoms with Gasteiger partial charge in [0.2, 0.25) is 0 Å². The van der Waals surface area contributed by atoms with Gasteiger partial charge >= 0.3 is 0 Å². The lowest BCUT2D eigenvalue weighted by Crippen LogP contribution is -2.04. The molecule has 0 bridgehead atoms. The van der Waals surface area contributed by atoms with Crippen molar-refractivity contribution in [3.63, 3.8) is 0 Å². The molecule has 0 radical (unpaired) electrons. The average Bonchev–Trinajstić information content (AvgIpc) is 2.19. The molecule has 0 atom stereocenters. The second-order valence-corrected chi connectivity index (χ2v) is 3.04. The van der Waals surface area contributed by atoms with Crippen molar-refractivity contribution in [3.8, 4) is 17.6 Å². The third-order valence-corrected chi connectivity index (χ3v) is 1.84. The Morgan fingerprint density at radius 2 is 2.21 bits per heavy atom. The summed E-state index contributed by atoms with van der Waals surface area (Å²) in [7, 11) is 3.54. The van der Waals surface area contributed by atoms with Crippen molar-refractivity contribution >= 4 is 0 Å². The summed E-state index contributed by atoms with van der Waals surface area (Å²) in [4.78, 5) is 0. The molecule has 0 saturated carbocycles. The lowest BCUT2D eigenvalue weighted by atomic mass is 10.1. The van der Waals surface area contributed by atoms with Gasteiger partial charge in [0.1, 0.15) is 5.75 Å². The largest absolute Gasteiger partial charge is 0.495 e. The van der Waals surface area contributed by atoms with E-state index in [2.05, 4.69) is 17.2 Å². The normalized spacial score (nSPS) is 9.07. The predicted octanol–water partition coefficient (Wildman–Crippen LogP) is 1.57. The SMILES string of the molecule is CNCC#Cc1cc(C)ccc1OC. The third-order valence-electron chi connectivity index (χ3n) is 1.84. The number of nitrogens with one attached hydrogen (secondary N) is 1. The highest BCUT2D eigenvalue weighted by atomic mass is 16.5. The molecule has 0 aliphatic rings. The van der Waals surface area contributed by atoms with Crippen LogP contribution >= 0.6 is 0 Å². The predicted molar refractivity (Wildman–Crippen MR) is 58.5 cm³/mol. The molecular formula is C12H15NO. The molecule has 0 unspecified atom stereocenters. The zero-order valence-electron chi connectivity index (χ0n) is 8.85. The summed E-state index contributed by atoms with van der Waals surface area (Å²) in [5.41, 5.74) is 2.14. The fourth-order valence-corrected chi connectivity index (χ4v) is 1.15. The molecule has 14 heavy (non-hydrogen) atoms. The van der Waals surface area contributed by atoms with Gasteiger partial charge in [-0.25, -0.2) is 0 Å². The molecule has 0 aliphatic heterocycles. The van der Waals surface area contributed by atoms with Crippen LogP contribution in [-0.4, -0.2) is 20.7 Å². The Hall–Kier alpha value is -1.46. The van der Waals surface area contributed by atoms with Crippen molar-refractivity contribution in [1.29, 1.82) is 0 Å². The summed E-state index contributed by atoms with van der Waals surface area (Å²) in [5.74, 6) is 6.91. The molecule has 74 valence electrons. The second-order valence-electron chi connectivity index (χ2n) is 3.04. The Labute approximate surface area is 85.3 Å². The molecule has 1 rings (SSSR count). The van der Waals surface area contributed by atoms with E-state index in [1.165, 1.54) is 5.56 Å². The number of benzene rings is 1. The molecule has 2 nitrogen and oxygen atoms in total. The average molecular weight is 189 g/mol. The fourth-order valence-electron chi connectivity index (χ4n) is 1.15. The maximum Gasteiger partial charge on any atom is 0.134 e. The minimum atomic E-state index is 0.692.